The Bertz CT molecular complexity index is 776. The molecular formula is C17H23F3N2O3S. The van der Waals surface area contributed by atoms with Crippen LogP contribution < -0.4 is 5.32 Å². The van der Waals surface area contributed by atoms with Crippen molar-refractivity contribution in [3.05, 3.63) is 23.8 Å². The molecule has 2 unspecified atom stereocenters. The van der Waals surface area contributed by atoms with Crippen LogP contribution in [-0.4, -0.2) is 38.9 Å². The third-order valence-corrected chi connectivity index (χ3v) is 6.69. The molecule has 2 rings (SSSR count). The Morgan fingerprint density at radius 1 is 1.19 bits per heavy atom. The maximum atomic E-state index is 13.2. The second-order valence-electron chi connectivity index (χ2n) is 6.80. The molecule has 0 aliphatic heterocycles. The van der Waals surface area contributed by atoms with Gasteiger partial charge in [0.1, 0.15) is 0 Å². The molecule has 1 aliphatic rings. The van der Waals surface area contributed by atoms with E-state index in [1.807, 2.05) is 0 Å². The summed E-state index contributed by atoms with van der Waals surface area (Å²) in [5.41, 5.74) is 0.662. The second-order valence-corrected chi connectivity index (χ2v) is 8.92. The number of nitrogens with one attached hydrogen (secondary N) is 1. The molecule has 2 atom stereocenters. The van der Waals surface area contributed by atoms with Gasteiger partial charge in [-0.3, -0.25) is 4.79 Å². The van der Waals surface area contributed by atoms with E-state index in [1.54, 1.807) is 6.92 Å². The molecule has 1 saturated carbocycles. The maximum absolute atomic E-state index is 13.2. The lowest BCUT2D eigenvalue weighted by Gasteiger charge is -2.32. The Morgan fingerprint density at radius 3 is 2.38 bits per heavy atom. The monoisotopic (exact) mass is 392 g/mol. The van der Waals surface area contributed by atoms with Gasteiger partial charge < -0.3 is 5.32 Å². The fourth-order valence-corrected chi connectivity index (χ4v) is 4.37. The number of carbonyl (C=O) groups excluding carboxylic acids is 1. The van der Waals surface area contributed by atoms with Gasteiger partial charge in [0.25, 0.3) is 0 Å². The van der Waals surface area contributed by atoms with Crippen molar-refractivity contribution in [2.75, 3.05) is 19.4 Å². The van der Waals surface area contributed by atoms with Gasteiger partial charge in [-0.05, 0) is 37.5 Å². The number of hydrogen-bond donors (Lipinski definition) is 1. The lowest BCUT2D eigenvalue weighted by Crippen LogP contribution is -2.39. The number of rotatable bonds is 4. The standard InChI is InChI=1S/C17H23F3N2O3S/c1-11-8-9-12(10-15(11)26(24,25)22(2)3)21-16(23)13-6-4-5-7-14(13)17(18,19)20/h8-10,13-14H,4-7H2,1-3H3,(H,21,23). The van der Waals surface area contributed by atoms with Crippen molar-refractivity contribution >= 4 is 21.6 Å². The van der Waals surface area contributed by atoms with Crippen LogP contribution in [0.1, 0.15) is 31.2 Å². The first-order chi connectivity index (χ1) is 11.9. The molecule has 5 nitrogen and oxygen atoms in total. The SMILES string of the molecule is Cc1ccc(NC(=O)C2CCCCC2C(F)(F)F)cc1S(=O)(=O)N(C)C. The van der Waals surface area contributed by atoms with Crippen LogP contribution in [0.15, 0.2) is 23.1 Å². The third-order valence-electron chi connectivity index (χ3n) is 4.74. The number of halogens is 3. The van der Waals surface area contributed by atoms with E-state index in [4.69, 9.17) is 0 Å². The zero-order chi connectivity index (χ0) is 19.7. The predicted octanol–water partition coefficient (Wildman–Crippen LogP) is 3.55. The Labute approximate surface area is 151 Å². The summed E-state index contributed by atoms with van der Waals surface area (Å²) in [6.45, 7) is 1.61. The van der Waals surface area contributed by atoms with Gasteiger partial charge >= 0.3 is 6.18 Å². The van der Waals surface area contributed by atoms with E-state index in [-0.39, 0.29) is 23.4 Å². The van der Waals surface area contributed by atoms with Crippen molar-refractivity contribution < 1.29 is 26.4 Å². The van der Waals surface area contributed by atoms with Crippen molar-refractivity contribution in [1.29, 1.82) is 0 Å². The van der Waals surface area contributed by atoms with Crippen molar-refractivity contribution in [3.63, 3.8) is 0 Å². The van der Waals surface area contributed by atoms with Gasteiger partial charge in [-0.15, -0.1) is 0 Å². The summed E-state index contributed by atoms with van der Waals surface area (Å²) in [7, 11) is -0.953. The number of benzene rings is 1. The molecule has 1 fully saturated rings. The topological polar surface area (TPSA) is 66.5 Å². The van der Waals surface area contributed by atoms with Crippen LogP contribution >= 0.6 is 0 Å². The highest BCUT2D eigenvalue weighted by Gasteiger charge is 2.48. The molecule has 1 N–H and O–H groups in total. The quantitative estimate of drug-likeness (QED) is 0.852. The molecular weight excluding hydrogens is 369 g/mol. The first-order valence-electron chi connectivity index (χ1n) is 8.35. The zero-order valence-electron chi connectivity index (χ0n) is 14.9. The largest absolute Gasteiger partial charge is 0.392 e. The van der Waals surface area contributed by atoms with Gasteiger partial charge in [-0.1, -0.05) is 18.9 Å². The number of carbonyl (C=O) groups is 1. The van der Waals surface area contributed by atoms with Crippen molar-refractivity contribution in [1.82, 2.24) is 4.31 Å². The molecule has 26 heavy (non-hydrogen) atoms. The Kier molecular flexibility index (Phi) is 6.02. The molecule has 9 heteroatoms. The van der Waals surface area contributed by atoms with Crippen LogP contribution in [0.25, 0.3) is 0 Å². The van der Waals surface area contributed by atoms with E-state index in [2.05, 4.69) is 5.32 Å². The molecule has 0 bridgehead atoms. The zero-order valence-corrected chi connectivity index (χ0v) is 15.7. The van der Waals surface area contributed by atoms with E-state index in [0.29, 0.717) is 18.4 Å². The Hall–Kier alpha value is -1.61. The number of anilines is 1. The van der Waals surface area contributed by atoms with E-state index in [1.165, 1.54) is 32.3 Å². The summed E-state index contributed by atoms with van der Waals surface area (Å²) in [6.07, 6.45) is -3.29. The first-order valence-corrected chi connectivity index (χ1v) is 9.79. The predicted molar refractivity (Wildman–Crippen MR) is 92.2 cm³/mol. The summed E-state index contributed by atoms with van der Waals surface area (Å²) in [4.78, 5) is 12.4. The summed E-state index contributed by atoms with van der Waals surface area (Å²) in [6, 6.07) is 4.30. The van der Waals surface area contributed by atoms with Crippen molar-refractivity contribution in [3.8, 4) is 0 Å². The van der Waals surface area contributed by atoms with Gasteiger partial charge in [0, 0.05) is 25.7 Å². The first kappa shape index (κ1) is 20.7. The van der Waals surface area contributed by atoms with Gasteiger partial charge in [0.15, 0.2) is 0 Å². The summed E-state index contributed by atoms with van der Waals surface area (Å²) in [5.74, 6) is -3.53. The minimum Gasteiger partial charge on any atom is -0.326 e. The minimum atomic E-state index is -4.42. The molecule has 0 heterocycles. The lowest BCUT2D eigenvalue weighted by molar-refractivity contribution is -0.197. The normalized spacial score (nSPS) is 21.7. The van der Waals surface area contributed by atoms with Gasteiger partial charge in [0.2, 0.25) is 15.9 Å². The van der Waals surface area contributed by atoms with E-state index in [0.717, 1.165) is 4.31 Å². The van der Waals surface area contributed by atoms with E-state index in [9.17, 15) is 26.4 Å². The summed E-state index contributed by atoms with van der Waals surface area (Å²) >= 11 is 0. The Balaban J connectivity index is 2.27. The van der Waals surface area contributed by atoms with Crippen LogP contribution in [0.4, 0.5) is 18.9 Å². The second kappa shape index (κ2) is 7.56. The average Bonchev–Trinajstić information content (AvgIpc) is 2.55. The smallest absolute Gasteiger partial charge is 0.326 e. The molecule has 146 valence electrons. The molecule has 0 aromatic heterocycles. The van der Waals surface area contributed by atoms with Crippen LogP contribution in [0, 0.1) is 18.8 Å². The molecule has 1 aliphatic carbocycles. The minimum absolute atomic E-state index is 0.0105. The average molecular weight is 392 g/mol. The summed E-state index contributed by atoms with van der Waals surface area (Å²) in [5, 5.41) is 2.47. The molecule has 1 amide bonds. The summed E-state index contributed by atoms with van der Waals surface area (Å²) < 4.78 is 65.3. The molecule has 0 spiro atoms. The fraction of sp³-hybridized carbons (Fsp3) is 0.588. The van der Waals surface area contributed by atoms with Crippen molar-refractivity contribution in [2.45, 2.75) is 43.7 Å². The molecule has 1 aromatic rings. The molecule has 0 saturated heterocycles. The number of amides is 1. The number of sulfonamides is 1. The lowest BCUT2D eigenvalue weighted by atomic mass is 9.78. The fourth-order valence-electron chi connectivity index (χ4n) is 3.22. The number of alkyl halides is 3. The van der Waals surface area contributed by atoms with Crippen LogP contribution in [-0.2, 0) is 14.8 Å². The highest BCUT2D eigenvalue weighted by molar-refractivity contribution is 7.89. The third kappa shape index (κ3) is 4.37. The Morgan fingerprint density at radius 2 is 1.81 bits per heavy atom. The van der Waals surface area contributed by atoms with E-state index < -0.39 is 33.9 Å². The van der Waals surface area contributed by atoms with Crippen LogP contribution in [0.5, 0.6) is 0 Å². The molecule has 1 aromatic carbocycles. The highest BCUT2D eigenvalue weighted by Crippen LogP contribution is 2.42. The van der Waals surface area contributed by atoms with E-state index >= 15 is 0 Å². The van der Waals surface area contributed by atoms with Gasteiger partial charge in [-0.25, -0.2) is 12.7 Å². The maximum Gasteiger partial charge on any atom is 0.392 e. The number of nitrogens with zero attached hydrogens (tertiary/aromatic N) is 1. The van der Waals surface area contributed by atoms with Crippen LogP contribution in [0.3, 0.4) is 0 Å². The number of hydrogen-bond acceptors (Lipinski definition) is 3. The molecule has 0 radical (unpaired) electrons. The van der Waals surface area contributed by atoms with Gasteiger partial charge in [-0.2, -0.15) is 13.2 Å². The van der Waals surface area contributed by atoms with Crippen molar-refractivity contribution in [2.24, 2.45) is 11.8 Å². The number of aryl methyl sites for hydroxylation is 1. The van der Waals surface area contributed by atoms with Crippen LogP contribution in [0.2, 0.25) is 0 Å². The van der Waals surface area contributed by atoms with Gasteiger partial charge in [0.05, 0.1) is 10.8 Å². The highest BCUT2D eigenvalue weighted by atomic mass is 32.2.